The molecule has 0 radical (unpaired) electrons. The van der Waals surface area contributed by atoms with E-state index in [4.69, 9.17) is 0 Å². The molecule has 2 aromatic carbocycles. The number of carbonyl (C=O) groups is 2. The lowest BCUT2D eigenvalue weighted by Crippen LogP contribution is -2.57. The molecule has 6 heteroatoms. The number of aryl methyl sites for hydroxylation is 1. The third-order valence-corrected chi connectivity index (χ3v) is 6.99. The van der Waals surface area contributed by atoms with Gasteiger partial charge in [0, 0.05) is 17.3 Å². The van der Waals surface area contributed by atoms with Gasteiger partial charge in [-0.15, -0.1) is 0 Å². The number of carbonyl (C=O) groups excluding carboxylic acids is 2. The zero-order valence-corrected chi connectivity index (χ0v) is 18.1. The molecule has 3 rings (SSSR count). The maximum Gasteiger partial charge on any atom is 0.239 e. The Morgan fingerprint density at radius 1 is 0.933 bits per heavy atom. The number of benzene rings is 2. The summed E-state index contributed by atoms with van der Waals surface area (Å²) in [6.07, 6.45) is 5.63. The van der Waals surface area contributed by atoms with Gasteiger partial charge in [0.1, 0.15) is 11.9 Å². The van der Waals surface area contributed by atoms with Crippen LogP contribution in [0.5, 0.6) is 0 Å². The lowest BCUT2D eigenvalue weighted by atomic mass is 10.1. The summed E-state index contributed by atoms with van der Waals surface area (Å²) in [5.41, 5.74) is 2.34. The Balaban J connectivity index is 1.29. The summed E-state index contributed by atoms with van der Waals surface area (Å²) in [6, 6.07) is 20.0. The van der Waals surface area contributed by atoms with Gasteiger partial charge < -0.3 is 10.2 Å². The van der Waals surface area contributed by atoms with Gasteiger partial charge in [-0.3, -0.25) is 13.8 Å². The van der Waals surface area contributed by atoms with E-state index in [0.717, 1.165) is 37.7 Å². The number of hydrogen-bond donors (Lipinski definition) is 1. The van der Waals surface area contributed by atoms with E-state index in [-0.39, 0.29) is 30.2 Å². The molecule has 0 unspecified atom stereocenters. The van der Waals surface area contributed by atoms with E-state index < -0.39 is 10.8 Å². The lowest BCUT2D eigenvalue weighted by molar-refractivity contribution is -0.145. The second-order valence-electron chi connectivity index (χ2n) is 7.69. The first-order chi connectivity index (χ1) is 14.6. The van der Waals surface area contributed by atoms with Gasteiger partial charge in [-0.05, 0) is 30.4 Å². The van der Waals surface area contributed by atoms with Crippen molar-refractivity contribution in [2.75, 3.05) is 13.1 Å². The van der Waals surface area contributed by atoms with Crippen molar-refractivity contribution < 1.29 is 13.8 Å². The van der Waals surface area contributed by atoms with Crippen LogP contribution in [0.15, 0.2) is 60.7 Å². The fourth-order valence-corrected chi connectivity index (χ4v) is 5.09. The first-order valence-corrected chi connectivity index (χ1v) is 12.0. The Hall–Kier alpha value is -2.47. The molecule has 0 aromatic heterocycles. The van der Waals surface area contributed by atoms with Crippen LogP contribution in [-0.4, -0.2) is 39.4 Å². The third kappa shape index (κ3) is 6.80. The Labute approximate surface area is 181 Å². The highest BCUT2D eigenvalue weighted by molar-refractivity contribution is 7.85. The van der Waals surface area contributed by atoms with Crippen molar-refractivity contribution >= 4 is 22.6 Å². The number of nitrogens with one attached hydrogen (secondary N) is 1. The first-order valence-electron chi connectivity index (χ1n) is 10.6. The minimum Gasteiger partial charge on any atom is -0.355 e. The quantitative estimate of drug-likeness (QED) is 0.418. The van der Waals surface area contributed by atoms with Gasteiger partial charge in [0.05, 0.1) is 12.2 Å². The molecule has 1 aliphatic rings. The Morgan fingerprint density at radius 2 is 1.57 bits per heavy atom. The number of β-lactam (4-membered cyclic amide) rings is 1. The van der Waals surface area contributed by atoms with Crippen LogP contribution in [0.4, 0.5) is 0 Å². The van der Waals surface area contributed by atoms with Gasteiger partial charge in [0.15, 0.2) is 0 Å². The Bertz CT molecular complexity index is 842. The Morgan fingerprint density at radius 3 is 2.23 bits per heavy atom. The number of nitrogens with zero attached hydrogens (tertiary/aromatic N) is 1. The van der Waals surface area contributed by atoms with Crippen molar-refractivity contribution in [1.82, 2.24) is 10.2 Å². The predicted molar refractivity (Wildman–Crippen MR) is 120 cm³/mol. The van der Waals surface area contributed by atoms with Crippen molar-refractivity contribution in [3.63, 3.8) is 0 Å². The number of rotatable bonds is 12. The van der Waals surface area contributed by atoms with Gasteiger partial charge in [0.2, 0.25) is 11.8 Å². The van der Waals surface area contributed by atoms with Crippen LogP contribution >= 0.6 is 0 Å². The molecule has 2 aromatic rings. The maximum atomic E-state index is 12.6. The highest BCUT2D eigenvalue weighted by atomic mass is 32.2. The van der Waals surface area contributed by atoms with Crippen molar-refractivity contribution in [1.29, 1.82) is 0 Å². The highest BCUT2D eigenvalue weighted by Gasteiger charge is 2.40. The molecular weight excluding hydrogens is 396 g/mol. The number of unbranched alkanes of at least 4 members (excludes halogenated alkanes) is 3. The lowest BCUT2D eigenvalue weighted by Gasteiger charge is -2.39. The molecule has 30 heavy (non-hydrogen) atoms. The molecule has 0 aliphatic carbocycles. The fourth-order valence-electron chi connectivity index (χ4n) is 3.58. The van der Waals surface area contributed by atoms with Crippen LogP contribution in [0.3, 0.4) is 0 Å². The van der Waals surface area contributed by atoms with E-state index in [2.05, 4.69) is 29.6 Å². The largest absolute Gasteiger partial charge is 0.355 e. The highest BCUT2D eigenvalue weighted by Crippen LogP contribution is 2.24. The fraction of sp³-hybridized carbons (Fsp3) is 0.417. The van der Waals surface area contributed by atoms with E-state index in [1.54, 1.807) is 0 Å². The van der Waals surface area contributed by atoms with E-state index in [9.17, 15) is 13.8 Å². The van der Waals surface area contributed by atoms with Crippen molar-refractivity contribution in [2.24, 2.45) is 0 Å². The number of amides is 2. The van der Waals surface area contributed by atoms with Crippen LogP contribution in [0, 0.1) is 0 Å². The van der Waals surface area contributed by atoms with Gasteiger partial charge in [-0.25, -0.2) is 0 Å². The minimum absolute atomic E-state index is 0.00195. The molecule has 2 atom stereocenters. The molecule has 0 spiro atoms. The van der Waals surface area contributed by atoms with Gasteiger partial charge >= 0.3 is 0 Å². The molecular formula is C24H30N2O3S. The van der Waals surface area contributed by atoms with E-state index in [0.29, 0.717) is 12.3 Å². The molecule has 1 heterocycles. The molecule has 0 bridgehead atoms. The molecule has 160 valence electrons. The smallest absolute Gasteiger partial charge is 0.239 e. The van der Waals surface area contributed by atoms with Gasteiger partial charge in [-0.1, -0.05) is 73.5 Å². The number of hydrogen-bond acceptors (Lipinski definition) is 3. The second-order valence-corrected chi connectivity index (χ2v) is 9.29. The van der Waals surface area contributed by atoms with Crippen LogP contribution in [0.2, 0.25) is 0 Å². The summed E-state index contributed by atoms with van der Waals surface area (Å²) < 4.78 is 12.6. The second kappa shape index (κ2) is 11.6. The third-order valence-electron chi connectivity index (χ3n) is 5.34. The van der Waals surface area contributed by atoms with Crippen LogP contribution in [0.25, 0.3) is 0 Å². The molecule has 5 nitrogen and oxygen atoms in total. The topological polar surface area (TPSA) is 66.5 Å². The summed E-state index contributed by atoms with van der Waals surface area (Å²) >= 11 is 0. The molecule has 2 amide bonds. The molecule has 0 saturated carbocycles. The average molecular weight is 427 g/mol. The molecule has 1 saturated heterocycles. The van der Waals surface area contributed by atoms with Crippen molar-refractivity contribution in [3.8, 4) is 0 Å². The van der Waals surface area contributed by atoms with Crippen LogP contribution < -0.4 is 5.32 Å². The van der Waals surface area contributed by atoms with Gasteiger partial charge in [0.25, 0.3) is 0 Å². The standard InChI is InChI=1S/C24H30N2O3S/c27-22(25-16-10-2-1-5-11-20-12-6-3-7-13-20)18-26-23(28)17-24(26)30(29)19-21-14-8-4-9-15-21/h3-4,6-9,12-15,24H,1-2,5,10-11,16-19H2,(H,25,27)/t24-,30-/m0/s1. The summed E-state index contributed by atoms with van der Waals surface area (Å²) in [5, 5.41) is 2.53. The Kier molecular flexibility index (Phi) is 8.63. The average Bonchev–Trinajstić information content (AvgIpc) is 2.76. The normalized spacial score (nSPS) is 16.7. The first kappa shape index (κ1) is 22.2. The van der Waals surface area contributed by atoms with Gasteiger partial charge in [-0.2, -0.15) is 0 Å². The summed E-state index contributed by atoms with van der Waals surface area (Å²) in [7, 11) is -1.20. The monoisotopic (exact) mass is 426 g/mol. The van der Waals surface area contributed by atoms with E-state index in [1.807, 2.05) is 36.4 Å². The van der Waals surface area contributed by atoms with Crippen molar-refractivity contribution in [2.45, 2.75) is 49.7 Å². The summed E-state index contributed by atoms with van der Waals surface area (Å²) in [4.78, 5) is 25.6. The van der Waals surface area contributed by atoms with E-state index in [1.165, 1.54) is 10.5 Å². The minimum atomic E-state index is -1.20. The predicted octanol–water partition coefficient (Wildman–Crippen LogP) is 3.41. The maximum absolute atomic E-state index is 12.6. The number of likely N-dealkylation sites (tertiary alicyclic amines) is 1. The zero-order chi connectivity index (χ0) is 21.2. The molecule has 1 aliphatic heterocycles. The SMILES string of the molecule is O=C(CN1C(=O)C[C@@H]1[S@@](=O)Cc1ccccc1)NCCCCCCc1ccccc1. The van der Waals surface area contributed by atoms with Crippen molar-refractivity contribution in [3.05, 3.63) is 71.8 Å². The zero-order valence-electron chi connectivity index (χ0n) is 17.3. The van der Waals surface area contributed by atoms with E-state index >= 15 is 0 Å². The summed E-state index contributed by atoms with van der Waals surface area (Å²) in [5.74, 6) is 0.131. The van der Waals surface area contributed by atoms with Crippen LogP contribution in [-0.2, 0) is 32.6 Å². The molecule has 1 N–H and O–H groups in total. The van der Waals surface area contributed by atoms with Crippen LogP contribution in [0.1, 0.15) is 43.2 Å². The molecule has 1 fully saturated rings. The summed E-state index contributed by atoms with van der Waals surface area (Å²) in [6.45, 7) is 0.613.